The van der Waals surface area contributed by atoms with E-state index in [4.69, 9.17) is 9.47 Å². The van der Waals surface area contributed by atoms with Crippen LogP contribution < -0.4 is 10.1 Å². The molecule has 0 aliphatic heterocycles. The first-order valence-corrected chi connectivity index (χ1v) is 5.54. The molecular weight excluding hydrogens is 221 g/mol. The molecule has 0 amide bonds. The number of anilines is 1. The van der Waals surface area contributed by atoms with Crippen molar-refractivity contribution in [2.24, 2.45) is 0 Å². The van der Waals surface area contributed by atoms with E-state index in [1.807, 2.05) is 6.08 Å². The number of benzene rings is 1. The lowest BCUT2D eigenvalue weighted by atomic mass is 10.3. The van der Waals surface area contributed by atoms with E-state index in [9.17, 15) is 4.39 Å². The highest BCUT2D eigenvalue weighted by atomic mass is 19.1. The van der Waals surface area contributed by atoms with Gasteiger partial charge < -0.3 is 14.8 Å². The van der Waals surface area contributed by atoms with Crippen LogP contribution in [0.4, 0.5) is 10.1 Å². The first-order chi connectivity index (χ1) is 8.27. The number of hydrogen-bond acceptors (Lipinski definition) is 3. The Bertz CT molecular complexity index is 355. The number of halogens is 1. The van der Waals surface area contributed by atoms with Crippen molar-refractivity contribution in [1.82, 2.24) is 0 Å². The van der Waals surface area contributed by atoms with Crippen molar-refractivity contribution in [3.05, 3.63) is 36.7 Å². The van der Waals surface area contributed by atoms with Gasteiger partial charge in [0.1, 0.15) is 11.6 Å². The normalized spacial score (nSPS) is 10.0. The summed E-state index contributed by atoms with van der Waals surface area (Å²) in [4.78, 5) is 0. The molecule has 1 aromatic carbocycles. The molecule has 0 unspecified atom stereocenters. The first-order valence-electron chi connectivity index (χ1n) is 5.54. The van der Waals surface area contributed by atoms with E-state index in [-0.39, 0.29) is 5.82 Å². The summed E-state index contributed by atoms with van der Waals surface area (Å²) < 4.78 is 23.5. The summed E-state index contributed by atoms with van der Waals surface area (Å²) >= 11 is 0. The summed E-state index contributed by atoms with van der Waals surface area (Å²) in [5.41, 5.74) is 0.639. The highest BCUT2D eigenvalue weighted by Crippen LogP contribution is 2.24. The molecule has 1 N–H and O–H groups in total. The van der Waals surface area contributed by atoms with Gasteiger partial charge in [-0.05, 0) is 18.6 Å². The molecule has 0 aliphatic carbocycles. The minimum Gasteiger partial charge on any atom is -0.495 e. The lowest BCUT2D eigenvalue weighted by Crippen LogP contribution is -2.10. The average Bonchev–Trinajstić information content (AvgIpc) is 2.34. The van der Waals surface area contributed by atoms with Gasteiger partial charge in [-0.1, -0.05) is 6.08 Å². The molecule has 0 fully saturated rings. The third kappa shape index (κ3) is 4.87. The van der Waals surface area contributed by atoms with Gasteiger partial charge in [-0.25, -0.2) is 4.39 Å². The number of methoxy groups -OCH3 is 1. The zero-order valence-corrected chi connectivity index (χ0v) is 10.0. The highest BCUT2D eigenvalue weighted by Gasteiger charge is 2.03. The maximum absolute atomic E-state index is 13.0. The van der Waals surface area contributed by atoms with Crippen LogP contribution in [-0.4, -0.2) is 26.9 Å². The number of hydrogen-bond donors (Lipinski definition) is 1. The molecule has 0 heterocycles. The van der Waals surface area contributed by atoms with Crippen LogP contribution in [0, 0.1) is 5.82 Å². The topological polar surface area (TPSA) is 30.5 Å². The molecule has 1 rings (SSSR count). The van der Waals surface area contributed by atoms with Gasteiger partial charge in [-0.3, -0.25) is 0 Å². The minimum atomic E-state index is -0.291. The fourth-order valence-electron chi connectivity index (χ4n) is 1.34. The predicted octanol–water partition coefficient (Wildman–Crippen LogP) is 2.84. The van der Waals surface area contributed by atoms with Crippen molar-refractivity contribution in [1.29, 1.82) is 0 Å². The van der Waals surface area contributed by atoms with Crippen LogP contribution in [-0.2, 0) is 4.74 Å². The van der Waals surface area contributed by atoms with Crippen molar-refractivity contribution in [3.8, 4) is 5.75 Å². The summed E-state index contributed by atoms with van der Waals surface area (Å²) in [6.45, 7) is 5.43. The van der Waals surface area contributed by atoms with E-state index in [0.29, 0.717) is 31.2 Å². The molecule has 0 radical (unpaired) electrons. The second kappa shape index (κ2) is 7.68. The van der Waals surface area contributed by atoms with Gasteiger partial charge >= 0.3 is 0 Å². The van der Waals surface area contributed by atoms with Crippen LogP contribution in [0.3, 0.4) is 0 Å². The average molecular weight is 239 g/mol. The molecule has 1 aromatic rings. The third-order valence-corrected chi connectivity index (χ3v) is 2.19. The Labute approximate surface area is 101 Å². The van der Waals surface area contributed by atoms with Crippen LogP contribution in [0.15, 0.2) is 30.9 Å². The second-order valence-corrected chi connectivity index (χ2v) is 3.46. The fourth-order valence-corrected chi connectivity index (χ4v) is 1.34. The summed E-state index contributed by atoms with van der Waals surface area (Å²) in [6.07, 6.45) is 2.65. The van der Waals surface area contributed by atoms with E-state index >= 15 is 0 Å². The van der Waals surface area contributed by atoms with Crippen LogP contribution in [0.1, 0.15) is 6.42 Å². The quantitative estimate of drug-likeness (QED) is 0.559. The predicted molar refractivity (Wildman–Crippen MR) is 67.1 cm³/mol. The number of rotatable bonds is 8. The summed E-state index contributed by atoms with van der Waals surface area (Å²) in [7, 11) is 1.55. The van der Waals surface area contributed by atoms with Gasteiger partial charge in [0.15, 0.2) is 0 Å². The summed E-state index contributed by atoms with van der Waals surface area (Å²) in [6, 6.07) is 4.36. The Hall–Kier alpha value is -1.55. The van der Waals surface area contributed by atoms with Crippen LogP contribution in [0.5, 0.6) is 5.75 Å². The van der Waals surface area contributed by atoms with Crippen LogP contribution in [0.25, 0.3) is 0 Å². The molecule has 3 nitrogen and oxygen atoms in total. The maximum Gasteiger partial charge on any atom is 0.142 e. The molecular formula is C13H18FNO2. The van der Waals surface area contributed by atoms with Crippen molar-refractivity contribution in [2.45, 2.75) is 6.42 Å². The van der Waals surface area contributed by atoms with E-state index in [1.165, 1.54) is 12.1 Å². The molecule has 4 heteroatoms. The van der Waals surface area contributed by atoms with E-state index in [1.54, 1.807) is 13.2 Å². The zero-order valence-electron chi connectivity index (χ0n) is 10.0. The molecule has 0 atom stereocenters. The SMILES string of the molecule is C=CCCOCCNc1cc(F)ccc1OC. The first kappa shape index (κ1) is 13.5. The Balaban J connectivity index is 2.35. The Kier molecular flexibility index (Phi) is 6.10. The molecule has 0 aromatic heterocycles. The lowest BCUT2D eigenvalue weighted by Gasteiger charge is -2.11. The minimum absolute atomic E-state index is 0.291. The van der Waals surface area contributed by atoms with Crippen molar-refractivity contribution in [3.63, 3.8) is 0 Å². The Morgan fingerprint density at radius 1 is 1.41 bits per heavy atom. The van der Waals surface area contributed by atoms with E-state index in [2.05, 4.69) is 11.9 Å². The molecule has 0 bridgehead atoms. The molecule has 0 aliphatic rings. The van der Waals surface area contributed by atoms with Gasteiger partial charge in [-0.15, -0.1) is 6.58 Å². The Morgan fingerprint density at radius 3 is 2.94 bits per heavy atom. The number of nitrogens with one attached hydrogen (secondary N) is 1. The summed E-state index contributed by atoms with van der Waals surface area (Å²) in [5.74, 6) is 0.332. The second-order valence-electron chi connectivity index (χ2n) is 3.46. The zero-order chi connectivity index (χ0) is 12.5. The Morgan fingerprint density at radius 2 is 2.24 bits per heavy atom. The summed E-state index contributed by atoms with van der Waals surface area (Å²) in [5, 5.41) is 3.07. The largest absolute Gasteiger partial charge is 0.495 e. The fraction of sp³-hybridized carbons (Fsp3) is 0.385. The van der Waals surface area contributed by atoms with Crippen LogP contribution in [0.2, 0.25) is 0 Å². The van der Waals surface area contributed by atoms with Crippen molar-refractivity contribution < 1.29 is 13.9 Å². The van der Waals surface area contributed by atoms with Crippen molar-refractivity contribution >= 4 is 5.69 Å². The molecule has 0 saturated carbocycles. The van der Waals surface area contributed by atoms with E-state index in [0.717, 1.165) is 6.42 Å². The standard InChI is InChI=1S/C13H18FNO2/c1-3-4-8-17-9-7-15-12-10-11(14)5-6-13(12)16-2/h3,5-6,10,15H,1,4,7-9H2,2H3. The smallest absolute Gasteiger partial charge is 0.142 e. The molecule has 94 valence electrons. The van der Waals surface area contributed by atoms with Crippen LogP contribution >= 0.6 is 0 Å². The number of ether oxygens (including phenoxy) is 2. The highest BCUT2D eigenvalue weighted by molar-refractivity contribution is 5.56. The van der Waals surface area contributed by atoms with Gasteiger partial charge in [0.25, 0.3) is 0 Å². The van der Waals surface area contributed by atoms with Gasteiger partial charge in [-0.2, -0.15) is 0 Å². The molecule has 0 saturated heterocycles. The molecule has 17 heavy (non-hydrogen) atoms. The monoisotopic (exact) mass is 239 g/mol. The molecule has 0 spiro atoms. The van der Waals surface area contributed by atoms with Gasteiger partial charge in [0, 0.05) is 12.6 Å². The van der Waals surface area contributed by atoms with Gasteiger partial charge in [0.2, 0.25) is 0 Å². The third-order valence-electron chi connectivity index (χ3n) is 2.19. The van der Waals surface area contributed by atoms with E-state index < -0.39 is 0 Å². The van der Waals surface area contributed by atoms with Gasteiger partial charge in [0.05, 0.1) is 26.0 Å². The maximum atomic E-state index is 13.0. The lowest BCUT2D eigenvalue weighted by molar-refractivity contribution is 0.149. The van der Waals surface area contributed by atoms with Crippen molar-refractivity contribution in [2.75, 3.05) is 32.2 Å².